The van der Waals surface area contributed by atoms with Crippen LogP contribution in [0, 0.1) is 10.1 Å². The Morgan fingerprint density at radius 1 is 1.12 bits per heavy atom. The Morgan fingerprint density at radius 3 is 2.44 bits per heavy atom. The number of nitrogens with one attached hydrogen (secondary N) is 2. The fraction of sp³-hybridized carbons (Fsp3) is 0.125. The van der Waals surface area contributed by atoms with Crippen LogP contribution in [0.25, 0.3) is 0 Å². The van der Waals surface area contributed by atoms with Gasteiger partial charge >= 0.3 is 5.69 Å². The van der Waals surface area contributed by atoms with Crippen LogP contribution in [0.1, 0.15) is 17.3 Å². The highest BCUT2D eigenvalue weighted by Crippen LogP contribution is 2.26. The van der Waals surface area contributed by atoms with Gasteiger partial charge in [0.1, 0.15) is 0 Å². The fourth-order valence-electron chi connectivity index (χ4n) is 1.88. The summed E-state index contributed by atoms with van der Waals surface area (Å²) in [5, 5.41) is 10.9. The molecule has 2 rings (SSSR count). The predicted octanol–water partition coefficient (Wildman–Crippen LogP) is 2.59. The minimum absolute atomic E-state index is 0.0349. The number of hydrogen-bond acceptors (Lipinski definition) is 5. The molecule has 0 fully saturated rings. The lowest BCUT2D eigenvalue weighted by Crippen LogP contribution is -2.47. The van der Waals surface area contributed by atoms with Gasteiger partial charge in [-0.05, 0) is 41.1 Å². The lowest BCUT2D eigenvalue weighted by Gasteiger charge is -2.15. The molecule has 2 amide bonds. The summed E-state index contributed by atoms with van der Waals surface area (Å²) < 4.78 is 5.89. The number of carbonyl (C=O) groups excluding carboxylic acids is 2. The third kappa shape index (κ3) is 4.77. The Balaban J connectivity index is 1.96. The van der Waals surface area contributed by atoms with Crippen molar-refractivity contribution < 1.29 is 19.2 Å². The molecule has 0 aliphatic carbocycles. The molecule has 0 aliphatic rings. The second-order valence-electron chi connectivity index (χ2n) is 4.91. The minimum Gasteiger partial charge on any atom is -0.474 e. The van der Waals surface area contributed by atoms with E-state index in [1.165, 1.54) is 25.1 Å². The van der Waals surface area contributed by atoms with Gasteiger partial charge in [0, 0.05) is 10.5 Å². The molecule has 2 N–H and O–H groups in total. The molecule has 1 atom stereocenters. The second-order valence-corrected chi connectivity index (χ2v) is 5.76. The summed E-state index contributed by atoms with van der Waals surface area (Å²) in [5.41, 5.74) is 4.58. The average Bonchev–Trinajstić information content (AvgIpc) is 2.60. The smallest absolute Gasteiger partial charge is 0.310 e. The molecule has 0 bridgehead atoms. The van der Waals surface area contributed by atoms with Crippen LogP contribution in [0.3, 0.4) is 0 Å². The van der Waals surface area contributed by atoms with Crippen molar-refractivity contribution in [3.8, 4) is 5.75 Å². The van der Waals surface area contributed by atoms with E-state index >= 15 is 0 Å². The summed E-state index contributed by atoms with van der Waals surface area (Å²) >= 11 is 3.24. The SMILES string of the molecule is C[C@H](Oc1ccccc1[N+](=O)[O-])C(=O)NNC(=O)c1ccccc1Br. The first-order valence-electron chi connectivity index (χ1n) is 7.15. The maximum Gasteiger partial charge on any atom is 0.310 e. The van der Waals surface area contributed by atoms with E-state index in [0.29, 0.717) is 10.0 Å². The first-order valence-corrected chi connectivity index (χ1v) is 7.94. The van der Waals surface area contributed by atoms with Crippen LogP contribution >= 0.6 is 15.9 Å². The summed E-state index contributed by atoms with van der Waals surface area (Å²) in [7, 11) is 0. The van der Waals surface area contributed by atoms with Crippen LogP contribution in [-0.2, 0) is 4.79 Å². The first kappa shape index (κ1) is 18.4. The number of amides is 2. The van der Waals surface area contributed by atoms with Gasteiger partial charge in [-0.3, -0.25) is 30.6 Å². The van der Waals surface area contributed by atoms with Gasteiger partial charge in [-0.25, -0.2) is 0 Å². The maximum atomic E-state index is 12.0. The first-order chi connectivity index (χ1) is 11.9. The number of para-hydroxylation sites is 2. The summed E-state index contributed by atoms with van der Waals surface area (Å²) in [5.74, 6) is -1.20. The largest absolute Gasteiger partial charge is 0.474 e. The molecule has 0 unspecified atom stereocenters. The Bertz CT molecular complexity index is 812. The Hall–Kier alpha value is -2.94. The molecule has 130 valence electrons. The normalized spacial score (nSPS) is 11.3. The second kappa shape index (κ2) is 8.25. The molecule has 0 aliphatic heterocycles. The molecule has 0 heterocycles. The molecule has 0 saturated heterocycles. The minimum atomic E-state index is -1.05. The van der Waals surface area contributed by atoms with E-state index in [-0.39, 0.29) is 11.4 Å². The van der Waals surface area contributed by atoms with E-state index in [4.69, 9.17) is 4.74 Å². The van der Waals surface area contributed by atoms with Crippen LogP contribution in [0.2, 0.25) is 0 Å². The van der Waals surface area contributed by atoms with Gasteiger partial charge in [0.05, 0.1) is 10.5 Å². The van der Waals surface area contributed by atoms with Crippen molar-refractivity contribution in [2.45, 2.75) is 13.0 Å². The number of benzene rings is 2. The van der Waals surface area contributed by atoms with E-state index in [0.717, 1.165) is 0 Å². The molecule has 9 heteroatoms. The van der Waals surface area contributed by atoms with E-state index in [1.807, 2.05) is 0 Å². The molecule has 25 heavy (non-hydrogen) atoms. The van der Waals surface area contributed by atoms with Gasteiger partial charge < -0.3 is 4.74 Å². The Kier molecular flexibility index (Phi) is 6.07. The lowest BCUT2D eigenvalue weighted by atomic mass is 10.2. The molecular formula is C16H14BrN3O5. The van der Waals surface area contributed by atoms with Crippen LogP contribution in [0.15, 0.2) is 53.0 Å². The van der Waals surface area contributed by atoms with E-state index in [2.05, 4.69) is 26.8 Å². The van der Waals surface area contributed by atoms with Gasteiger partial charge in [0.15, 0.2) is 11.9 Å². The number of rotatable bonds is 5. The van der Waals surface area contributed by atoms with E-state index in [1.54, 1.807) is 30.3 Å². The maximum absolute atomic E-state index is 12.0. The number of nitro groups is 1. The predicted molar refractivity (Wildman–Crippen MR) is 92.9 cm³/mol. The number of halogens is 1. The quantitative estimate of drug-likeness (QED) is 0.584. The number of hydrogen-bond donors (Lipinski definition) is 2. The molecular weight excluding hydrogens is 394 g/mol. The zero-order valence-corrected chi connectivity index (χ0v) is 14.6. The van der Waals surface area contributed by atoms with Crippen molar-refractivity contribution in [3.05, 3.63) is 68.7 Å². The van der Waals surface area contributed by atoms with Crippen LogP contribution in [0.5, 0.6) is 5.75 Å². The van der Waals surface area contributed by atoms with Crippen molar-refractivity contribution in [3.63, 3.8) is 0 Å². The summed E-state index contributed by atoms with van der Waals surface area (Å²) in [4.78, 5) is 34.4. The van der Waals surface area contributed by atoms with Gasteiger partial charge in [-0.2, -0.15) is 0 Å². The third-order valence-electron chi connectivity index (χ3n) is 3.15. The fourth-order valence-corrected chi connectivity index (χ4v) is 2.35. The van der Waals surface area contributed by atoms with Crippen LogP contribution in [-0.4, -0.2) is 22.8 Å². The van der Waals surface area contributed by atoms with Crippen molar-refractivity contribution in [1.29, 1.82) is 0 Å². The van der Waals surface area contributed by atoms with Gasteiger partial charge in [0.25, 0.3) is 11.8 Å². The van der Waals surface area contributed by atoms with Gasteiger partial charge in [-0.1, -0.05) is 24.3 Å². The van der Waals surface area contributed by atoms with Gasteiger partial charge in [-0.15, -0.1) is 0 Å². The van der Waals surface area contributed by atoms with Gasteiger partial charge in [0.2, 0.25) is 0 Å². The topological polar surface area (TPSA) is 111 Å². The van der Waals surface area contributed by atoms with Crippen molar-refractivity contribution in [2.24, 2.45) is 0 Å². The van der Waals surface area contributed by atoms with E-state index < -0.39 is 22.8 Å². The summed E-state index contributed by atoms with van der Waals surface area (Å²) in [6, 6.07) is 12.4. The number of nitro benzene ring substituents is 1. The molecule has 2 aromatic rings. The Morgan fingerprint density at radius 2 is 1.76 bits per heavy atom. The van der Waals surface area contributed by atoms with Crippen LogP contribution < -0.4 is 15.6 Å². The van der Waals surface area contributed by atoms with E-state index in [9.17, 15) is 19.7 Å². The van der Waals surface area contributed by atoms with Crippen molar-refractivity contribution in [2.75, 3.05) is 0 Å². The standard InChI is InChI=1S/C16H14BrN3O5/c1-10(25-14-9-5-4-8-13(14)20(23)24)15(21)18-19-16(22)11-6-2-3-7-12(11)17/h2-10H,1H3,(H,18,21)(H,19,22)/t10-/m0/s1. The molecule has 0 saturated carbocycles. The number of hydrazine groups is 1. The molecule has 2 aromatic carbocycles. The number of carbonyl (C=O) groups is 2. The number of ether oxygens (including phenoxy) is 1. The number of nitrogens with zero attached hydrogens (tertiary/aromatic N) is 1. The zero-order chi connectivity index (χ0) is 18.4. The highest BCUT2D eigenvalue weighted by atomic mass is 79.9. The van der Waals surface area contributed by atoms with Crippen molar-refractivity contribution >= 4 is 33.4 Å². The summed E-state index contributed by atoms with van der Waals surface area (Å²) in [6.07, 6.45) is -1.05. The third-order valence-corrected chi connectivity index (χ3v) is 3.84. The van der Waals surface area contributed by atoms with Crippen LogP contribution in [0.4, 0.5) is 5.69 Å². The average molecular weight is 408 g/mol. The lowest BCUT2D eigenvalue weighted by molar-refractivity contribution is -0.386. The molecule has 0 aromatic heterocycles. The molecule has 8 nitrogen and oxygen atoms in total. The summed E-state index contributed by atoms with van der Waals surface area (Å²) in [6.45, 7) is 1.41. The highest BCUT2D eigenvalue weighted by molar-refractivity contribution is 9.10. The zero-order valence-electron chi connectivity index (χ0n) is 13.1. The van der Waals surface area contributed by atoms with Crippen molar-refractivity contribution in [1.82, 2.24) is 10.9 Å². The monoisotopic (exact) mass is 407 g/mol. The molecule has 0 radical (unpaired) electrons. The highest BCUT2D eigenvalue weighted by Gasteiger charge is 2.21. The molecule has 0 spiro atoms. The Labute approximate surface area is 151 Å².